The Morgan fingerprint density at radius 1 is 1.14 bits per heavy atom. The fourth-order valence-corrected chi connectivity index (χ4v) is 4.44. The molecule has 6 nitrogen and oxygen atoms in total. The molecule has 1 aromatic heterocycles. The van der Waals surface area contributed by atoms with E-state index in [1.54, 1.807) is 7.11 Å². The van der Waals surface area contributed by atoms with Crippen LogP contribution < -0.4 is 10.1 Å². The molecule has 1 atom stereocenters. The van der Waals surface area contributed by atoms with E-state index in [2.05, 4.69) is 32.3 Å². The van der Waals surface area contributed by atoms with Crippen molar-refractivity contribution in [1.82, 2.24) is 20.2 Å². The number of rotatable bonds is 8. The third kappa shape index (κ3) is 6.44. The van der Waals surface area contributed by atoms with Crippen LogP contribution in [0.25, 0.3) is 0 Å². The average Bonchev–Trinajstić information content (AvgIpc) is 2.73. The highest BCUT2D eigenvalue weighted by atomic mass is 32.2. The van der Waals surface area contributed by atoms with Gasteiger partial charge in [-0.25, -0.2) is 9.97 Å². The number of thioether (sulfide) groups is 1. The summed E-state index contributed by atoms with van der Waals surface area (Å²) < 4.78 is 5.29. The summed E-state index contributed by atoms with van der Waals surface area (Å²) in [5, 5.41) is 3.77. The Labute approximate surface area is 177 Å². The zero-order valence-corrected chi connectivity index (χ0v) is 18.3. The second kappa shape index (κ2) is 10.6. The predicted molar refractivity (Wildman–Crippen MR) is 116 cm³/mol. The lowest BCUT2D eigenvalue weighted by molar-refractivity contribution is -0.118. The summed E-state index contributed by atoms with van der Waals surface area (Å²) in [5.74, 6) is 1.17. The molecule has 0 radical (unpaired) electrons. The Morgan fingerprint density at radius 2 is 1.79 bits per heavy atom. The van der Waals surface area contributed by atoms with Gasteiger partial charge in [0.15, 0.2) is 5.16 Å². The van der Waals surface area contributed by atoms with Gasteiger partial charge < -0.3 is 10.1 Å². The van der Waals surface area contributed by atoms with E-state index in [4.69, 9.17) is 4.74 Å². The van der Waals surface area contributed by atoms with Crippen LogP contribution in [0.5, 0.6) is 5.75 Å². The van der Waals surface area contributed by atoms with Gasteiger partial charge in [0.1, 0.15) is 5.75 Å². The van der Waals surface area contributed by atoms with Gasteiger partial charge in [0.2, 0.25) is 5.91 Å². The average molecular weight is 415 g/mol. The summed E-state index contributed by atoms with van der Waals surface area (Å²) >= 11 is 1.38. The van der Waals surface area contributed by atoms with Gasteiger partial charge in [-0.05, 0) is 63.5 Å². The first-order valence-corrected chi connectivity index (χ1v) is 11.1. The van der Waals surface area contributed by atoms with Gasteiger partial charge in [-0.3, -0.25) is 9.69 Å². The molecule has 3 rings (SSSR count). The number of ether oxygens (including phenoxy) is 1. The molecule has 1 fully saturated rings. The van der Waals surface area contributed by atoms with Crippen LogP contribution in [-0.2, 0) is 4.79 Å². The van der Waals surface area contributed by atoms with Crippen molar-refractivity contribution in [2.75, 3.05) is 32.5 Å². The van der Waals surface area contributed by atoms with Crippen molar-refractivity contribution in [2.45, 2.75) is 44.3 Å². The van der Waals surface area contributed by atoms with E-state index in [0.717, 1.165) is 30.2 Å². The number of amides is 1. The fraction of sp³-hybridized carbons (Fsp3) is 0.500. The number of aromatic nitrogens is 2. The maximum Gasteiger partial charge on any atom is 0.230 e. The van der Waals surface area contributed by atoms with E-state index in [1.165, 1.54) is 36.6 Å². The molecule has 2 aromatic rings. The fourth-order valence-electron chi connectivity index (χ4n) is 3.66. The molecule has 1 saturated heterocycles. The number of hydrogen-bond acceptors (Lipinski definition) is 6. The number of carbonyl (C=O) groups is 1. The third-order valence-corrected chi connectivity index (χ3v) is 5.97. The molecule has 7 heteroatoms. The molecule has 1 unspecified atom stereocenters. The van der Waals surface area contributed by atoms with Crippen LogP contribution in [0.4, 0.5) is 0 Å². The highest BCUT2D eigenvalue weighted by Crippen LogP contribution is 2.26. The molecular formula is C22H30N4O2S. The maximum atomic E-state index is 12.5. The van der Waals surface area contributed by atoms with Crippen LogP contribution in [0.2, 0.25) is 0 Å². The van der Waals surface area contributed by atoms with E-state index < -0.39 is 0 Å². The Bertz CT molecular complexity index is 787. The second-order valence-corrected chi connectivity index (χ2v) is 8.35. The van der Waals surface area contributed by atoms with Gasteiger partial charge in [-0.1, -0.05) is 30.3 Å². The largest absolute Gasteiger partial charge is 0.497 e. The molecule has 0 bridgehead atoms. The van der Waals surface area contributed by atoms with Crippen LogP contribution in [-0.4, -0.2) is 53.3 Å². The molecule has 2 heterocycles. The number of piperidine rings is 1. The quantitative estimate of drug-likeness (QED) is 0.526. The van der Waals surface area contributed by atoms with Gasteiger partial charge in [0.05, 0.1) is 18.9 Å². The molecule has 0 aliphatic carbocycles. The maximum absolute atomic E-state index is 12.5. The Hall–Kier alpha value is -2.12. The van der Waals surface area contributed by atoms with E-state index in [9.17, 15) is 4.79 Å². The normalized spacial score (nSPS) is 15.7. The summed E-state index contributed by atoms with van der Waals surface area (Å²) in [6.07, 6.45) is 3.70. The van der Waals surface area contributed by atoms with E-state index in [0.29, 0.717) is 17.5 Å². The summed E-state index contributed by atoms with van der Waals surface area (Å²) in [5.41, 5.74) is 3.05. The first-order chi connectivity index (χ1) is 14.0. The van der Waals surface area contributed by atoms with Crippen molar-refractivity contribution in [3.8, 4) is 5.75 Å². The third-order valence-electron chi connectivity index (χ3n) is 5.12. The van der Waals surface area contributed by atoms with Crippen LogP contribution in [0.3, 0.4) is 0 Å². The number of benzene rings is 1. The van der Waals surface area contributed by atoms with Gasteiger partial charge in [-0.2, -0.15) is 0 Å². The molecule has 0 spiro atoms. The monoisotopic (exact) mass is 414 g/mol. The summed E-state index contributed by atoms with van der Waals surface area (Å²) in [7, 11) is 1.68. The highest BCUT2D eigenvalue weighted by molar-refractivity contribution is 7.99. The van der Waals surface area contributed by atoms with Crippen molar-refractivity contribution < 1.29 is 9.53 Å². The van der Waals surface area contributed by atoms with Crippen molar-refractivity contribution in [3.63, 3.8) is 0 Å². The van der Waals surface area contributed by atoms with Gasteiger partial charge in [-0.15, -0.1) is 0 Å². The molecule has 1 amide bonds. The molecule has 1 aromatic carbocycles. The molecule has 1 aliphatic rings. The molecule has 0 saturated carbocycles. The van der Waals surface area contributed by atoms with Crippen molar-refractivity contribution in [1.29, 1.82) is 0 Å². The van der Waals surface area contributed by atoms with Crippen molar-refractivity contribution in [3.05, 3.63) is 47.3 Å². The lowest BCUT2D eigenvalue weighted by Gasteiger charge is -2.35. The van der Waals surface area contributed by atoms with Gasteiger partial charge in [0.25, 0.3) is 0 Å². The van der Waals surface area contributed by atoms with Crippen LogP contribution >= 0.6 is 11.8 Å². The summed E-state index contributed by atoms with van der Waals surface area (Å²) in [4.78, 5) is 23.7. The Morgan fingerprint density at radius 3 is 2.41 bits per heavy atom. The summed E-state index contributed by atoms with van der Waals surface area (Å²) in [6, 6.07) is 10.3. The minimum atomic E-state index is 0.00767. The number of carbonyl (C=O) groups excluding carboxylic acids is 1. The molecule has 156 valence electrons. The second-order valence-electron chi connectivity index (χ2n) is 7.41. The number of nitrogens with zero attached hydrogens (tertiary/aromatic N) is 3. The van der Waals surface area contributed by atoms with Crippen molar-refractivity contribution >= 4 is 17.7 Å². The molecule has 29 heavy (non-hydrogen) atoms. The molecule has 1 N–H and O–H groups in total. The molecular weight excluding hydrogens is 384 g/mol. The first-order valence-electron chi connectivity index (χ1n) is 10.1. The standard InChI is InChI=1S/C22H30N4O2S/c1-16-13-17(2)25-22(24-16)29-15-21(27)23-14-20(26-11-5-4-6-12-26)18-7-9-19(28-3)10-8-18/h7-10,13,20H,4-6,11-12,14-15H2,1-3H3,(H,23,27). The van der Waals surface area contributed by atoms with E-state index >= 15 is 0 Å². The number of likely N-dealkylation sites (tertiary alicyclic amines) is 1. The zero-order valence-electron chi connectivity index (χ0n) is 17.5. The minimum Gasteiger partial charge on any atom is -0.497 e. The van der Waals surface area contributed by atoms with Gasteiger partial charge in [0, 0.05) is 17.9 Å². The number of nitrogens with one attached hydrogen (secondary N) is 1. The number of methoxy groups -OCH3 is 1. The first kappa shape index (κ1) is 21.6. The minimum absolute atomic E-state index is 0.00767. The number of hydrogen-bond donors (Lipinski definition) is 1. The van der Waals surface area contributed by atoms with E-state index in [1.807, 2.05) is 32.0 Å². The SMILES string of the molecule is COc1ccc(C(CNC(=O)CSc2nc(C)cc(C)n2)N2CCCCC2)cc1. The lowest BCUT2D eigenvalue weighted by Crippen LogP contribution is -2.41. The van der Waals surface area contributed by atoms with Crippen LogP contribution in [0, 0.1) is 13.8 Å². The molecule has 1 aliphatic heterocycles. The van der Waals surface area contributed by atoms with Crippen LogP contribution in [0.1, 0.15) is 42.3 Å². The zero-order chi connectivity index (χ0) is 20.6. The van der Waals surface area contributed by atoms with Gasteiger partial charge >= 0.3 is 0 Å². The van der Waals surface area contributed by atoms with Crippen LogP contribution in [0.15, 0.2) is 35.5 Å². The topological polar surface area (TPSA) is 67.3 Å². The van der Waals surface area contributed by atoms with Crippen molar-refractivity contribution in [2.24, 2.45) is 0 Å². The summed E-state index contributed by atoms with van der Waals surface area (Å²) in [6.45, 7) is 6.61. The lowest BCUT2D eigenvalue weighted by atomic mass is 10.0. The highest BCUT2D eigenvalue weighted by Gasteiger charge is 2.23. The predicted octanol–water partition coefficient (Wildman–Crippen LogP) is 3.54. The number of aryl methyl sites for hydroxylation is 2. The van der Waals surface area contributed by atoms with E-state index in [-0.39, 0.29) is 11.9 Å². The smallest absolute Gasteiger partial charge is 0.230 e. The Balaban J connectivity index is 1.60. The Kier molecular flexibility index (Phi) is 7.89.